The van der Waals surface area contributed by atoms with Crippen molar-refractivity contribution >= 4 is 17.9 Å². The highest BCUT2D eigenvalue weighted by atomic mass is 16.4. The Labute approximate surface area is 113 Å². The van der Waals surface area contributed by atoms with Crippen molar-refractivity contribution in [3.63, 3.8) is 0 Å². The van der Waals surface area contributed by atoms with Crippen molar-refractivity contribution in [1.82, 2.24) is 10.2 Å². The lowest BCUT2D eigenvalue weighted by molar-refractivity contribution is -0.139. The highest BCUT2D eigenvalue weighted by molar-refractivity contribution is 5.83. The Bertz CT molecular complexity index is 314. The molecule has 0 heterocycles. The molecule has 4 N–H and O–H groups in total. The minimum atomic E-state index is -1.16. The van der Waals surface area contributed by atoms with Gasteiger partial charge >= 0.3 is 12.0 Å². The molecular formula is C12H23N3O4. The van der Waals surface area contributed by atoms with E-state index in [0.717, 1.165) is 12.8 Å². The van der Waals surface area contributed by atoms with Crippen LogP contribution in [0.1, 0.15) is 39.5 Å². The number of primary amides is 1. The van der Waals surface area contributed by atoms with Crippen molar-refractivity contribution in [3.05, 3.63) is 0 Å². The first kappa shape index (κ1) is 17.2. The zero-order chi connectivity index (χ0) is 14.8. The van der Waals surface area contributed by atoms with Gasteiger partial charge in [0.05, 0.1) is 0 Å². The number of urea groups is 1. The predicted octanol–water partition coefficient (Wildman–Crippen LogP) is 0.537. The summed E-state index contributed by atoms with van der Waals surface area (Å²) in [6.07, 6.45) is 1.53. The van der Waals surface area contributed by atoms with E-state index in [2.05, 4.69) is 5.32 Å². The van der Waals surface area contributed by atoms with Crippen molar-refractivity contribution in [2.75, 3.05) is 13.1 Å². The maximum Gasteiger partial charge on any atom is 0.326 e. The fraction of sp³-hybridized carbons (Fsp3) is 0.750. The number of rotatable bonds is 9. The summed E-state index contributed by atoms with van der Waals surface area (Å²) in [5.74, 6) is -1.75. The van der Waals surface area contributed by atoms with Crippen molar-refractivity contribution < 1.29 is 19.5 Å². The molecule has 0 radical (unpaired) electrons. The second kappa shape index (κ2) is 9.18. The van der Waals surface area contributed by atoms with E-state index in [1.165, 1.54) is 0 Å². The Morgan fingerprint density at radius 2 is 1.74 bits per heavy atom. The van der Waals surface area contributed by atoms with Gasteiger partial charge in [0.15, 0.2) is 0 Å². The Hall–Kier alpha value is -1.79. The van der Waals surface area contributed by atoms with Gasteiger partial charge < -0.3 is 21.1 Å². The van der Waals surface area contributed by atoms with E-state index < -0.39 is 23.9 Å². The lowest BCUT2D eigenvalue weighted by Crippen LogP contribution is -2.48. The summed E-state index contributed by atoms with van der Waals surface area (Å²) in [6, 6.07) is -1.50. The van der Waals surface area contributed by atoms with Gasteiger partial charge in [-0.1, -0.05) is 13.8 Å². The molecule has 0 bridgehead atoms. The third kappa shape index (κ3) is 7.28. The Morgan fingerprint density at radius 3 is 2.11 bits per heavy atom. The molecule has 0 unspecified atom stereocenters. The quantitative estimate of drug-likeness (QED) is 0.569. The molecule has 19 heavy (non-hydrogen) atoms. The first-order chi connectivity index (χ1) is 8.92. The molecule has 0 aromatic heterocycles. The third-order valence-corrected chi connectivity index (χ3v) is 2.55. The molecular weight excluding hydrogens is 250 g/mol. The van der Waals surface area contributed by atoms with Gasteiger partial charge in [-0.15, -0.1) is 0 Å². The van der Waals surface area contributed by atoms with Crippen LogP contribution in [-0.4, -0.2) is 47.0 Å². The number of nitrogens with one attached hydrogen (secondary N) is 1. The summed E-state index contributed by atoms with van der Waals surface area (Å²) in [5, 5.41) is 11.4. The molecule has 0 saturated heterocycles. The van der Waals surface area contributed by atoms with Crippen molar-refractivity contribution in [3.8, 4) is 0 Å². The van der Waals surface area contributed by atoms with E-state index >= 15 is 0 Å². The predicted molar refractivity (Wildman–Crippen MR) is 70.5 cm³/mol. The van der Waals surface area contributed by atoms with Crippen molar-refractivity contribution in [2.45, 2.75) is 45.6 Å². The van der Waals surface area contributed by atoms with Gasteiger partial charge in [-0.2, -0.15) is 0 Å². The van der Waals surface area contributed by atoms with Crippen LogP contribution < -0.4 is 11.1 Å². The number of hydrogen-bond acceptors (Lipinski definition) is 3. The van der Waals surface area contributed by atoms with E-state index in [4.69, 9.17) is 10.8 Å². The Kier molecular flexibility index (Phi) is 8.32. The smallest absolute Gasteiger partial charge is 0.326 e. The van der Waals surface area contributed by atoms with E-state index in [-0.39, 0.29) is 12.8 Å². The molecule has 0 rings (SSSR count). The van der Waals surface area contributed by atoms with Crippen molar-refractivity contribution in [1.29, 1.82) is 0 Å². The summed E-state index contributed by atoms with van der Waals surface area (Å²) in [4.78, 5) is 35.1. The Balaban J connectivity index is 4.49. The number of hydrogen-bond donors (Lipinski definition) is 3. The van der Waals surface area contributed by atoms with Crippen LogP contribution in [0.2, 0.25) is 0 Å². The summed E-state index contributed by atoms with van der Waals surface area (Å²) in [5.41, 5.74) is 4.97. The number of carboxylic acids is 1. The molecule has 0 aromatic carbocycles. The topological polar surface area (TPSA) is 113 Å². The van der Waals surface area contributed by atoms with E-state index in [1.807, 2.05) is 13.8 Å². The van der Waals surface area contributed by atoms with Crippen LogP contribution in [0.5, 0.6) is 0 Å². The third-order valence-electron chi connectivity index (χ3n) is 2.55. The van der Waals surface area contributed by atoms with Gasteiger partial charge in [0.2, 0.25) is 5.91 Å². The average molecular weight is 273 g/mol. The largest absolute Gasteiger partial charge is 0.480 e. The monoisotopic (exact) mass is 273 g/mol. The van der Waals surface area contributed by atoms with Gasteiger partial charge in [-0.25, -0.2) is 9.59 Å². The molecule has 0 fully saturated rings. The summed E-state index contributed by atoms with van der Waals surface area (Å²) in [7, 11) is 0. The van der Waals surface area contributed by atoms with Gasteiger partial charge in [0.1, 0.15) is 6.04 Å². The summed E-state index contributed by atoms with van der Waals surface area (Å²) in [6.45, 7) is 5.03. The molecule has 1 atom stereocenters. The van der Waals surface area contributed by atoms with Crippen LogP contribution in [0.4, 0.5) is 4.79 Å². The zero-order valence-electron chi connectivity index (χ0n) is 11.5. The number of nitrogens with zero attached hydrogens (tertiary/aromatic N) is 1. The molecule has 0 aliphatic rings. The van der Waals surface area contributed by atoms with Gasteiger partial charge in [0.25, 0.3) is 0 Å². The minimum Gasteiger partial charge on any atom is -0.480 e. The molecule has 7 heteroatoms. The standard InChI is InChI=1S/C12H23N3O4/c1-3-7-15(8-4-2)12(19)14-9(11(17)18)5-6-10(13)16/h9H,3-8H2,1-2H3,(H2,13,16)(H,14,19)(H,17,18)/t9-/m1/s1. The number of carbonyl (C=O) groups is 3. The number of aliphatic carboxylic acids is 1. The molecule has 110 valence electrons. The molecule has 0 aromatic rings. The highest BCUT2D eigenvalue weighted by Crippen LogP contribution is 2.01. The number of amides is 3. The first-order valence-electron chi connectivity index (χ1n) is 6.48. The van der Waals surface area contributed by atoms with Gasteiger partial charge in [-0.3, -0.25) is 4.79 Å². The van der Waals surface area contributed by atoms with Crippen LogP contribution in [0.3, 0.4) is 0 Å². The molecule has 0 spiro atoms. The average Bonchev–Trinajstić information content (AvgIpc) is 2.33. The SMILES string of the molecule is CCCN(CCC)C(=O)N[C@H](CCC(N)=O)C(=O)O. The fourth-order valence-electron chi connectivity index (χ4n) is 1.64. The number of nitrogens with two attached hydrogens (primary N) is 1. The lowest BCUT2D eigenvalue weighted by Gasteiger charge is -2.24. The van der Waals surface area contributed by atoms with Crippen LogP contribution in [0.15, 0.2) is 0 Å². The highest BCUT2D eigenvalue weighted by Gasteiger charge is 2.22. The van der Waals surface area contributed by atoms with Crippen LogP contribution in [-0.2, 0) is 9.59 Å². The molecule has 3 amide bonds. The lowest BCUT2D eigenvalue weighted by atomic mass is 10.1. The molecule has 0 aliphatic heterocycles. The summed E-state index contributed by atoms with van der Waals surface area (Å²) < 4.78 is 0. The van der Waals surface area contributed by atoms with Crippen LogP contribution in [0, 0.1) is 0 Å². The molecule has 0 aliphatic carbocycles. The Morgan fingerprint density at radius 1 is 1.21 bits per heavy atom. The maximum atomic E-state index is 11.9. The second-order valence-corrected chi connectivity index (χ2v) is 4.33. The maximum absolute atomic E-state index is 11.9. The van der Waals surface area contributed by atoms with E-state index in [0.29, 0.717) is 13.1 Å². The molecule has 7 nitrogen and oxygen atoms in total. The van der Waals surface area contributed by atoms with Gasteiger partial charge in [-0.05, 0) is 19.3 Å². The summed E-state index contributed by atoms with van der Waals surface area (Å²) >= 11 is 0. The normalized spacial score (nSPS) is 11.7. The second-order valence-electron chi connectivity index (χ2n) is 4.33. The molecule has 0 saturated carbocycles. The van der Waals surface area contributed by atoms with E-state index in [9.17, 15) is 14.4 Å². The number of carboxylic acid groups (broad SMARTS) is 1. The van der Waals surface area contributed by atoms with Gasteiger partial charge in [0, 0.05) is 19.5 Å². The van der Waals surface area contributed by atoms with E-state index in [1.54, 1.807) is 4.90 Å². The van der Waals surface area contributed by atoms with Crippen LogP contribution in [0.25, 0.3) is 0 Å². The van der Waals surface area contributed by atoms with Crippen LogP contribution >= 0.6 is 0 Å². The fourth-order valence-corrected chi connectivity index (χ4v) is 1.64. The number of carbonyl (C=O) groups excluding carboxylic acids is 2. The van der Waals surface area contributed by atoms with Crippen molar-refractivity contribution in [2.24, 2.45) is 5.73 Å². The zero-order valence-corrected chi connectivity index (χ0v) is 11.5. The minimum absolute atomic E-state index is 0.00248. The first-order valence-corrected chi connectivity index (χ1v) is 6.48.